The molecule has 0 spiro atoms. The number of carboxylic acids is 2. The zero-order chi connectivity index (χ0) is 47.2. The number of halogens is 6. The lowest BCUT2D eigenvalue weighted by Crippen LogP contribution is -2.42. The summed E-state index contributed by atoms with van der Waals surface area (Å²) in [6.07, 6.45) is 4.09. The number of pyridine rings is 1. The number of piperidine rings is 1. The predicted molar refractivity (Wildman–Crippen MR) is 231 cm³/mol. The number of aryl methyl sites for hydroxylation is 2. The first-order valence-electron chi connectivity index (χ1n) is 20.4. The molecule has 17 heteroatoms. The van der Waals surface area contributed by atoms with Crippen molar-refractivity contribution in [3.05, 3.63) is 125 Å². The van der Waals surface area contributed by atoms with E-state index in [1.165, 1.54) is 41.0 Å². The number of benzene rings is 3. The van der Waals surface area contributed by atoms with Crippen LogP contribution in [-0.2, 0) is 20.9 Å². The van der Waals surface area contributed by atoms with Crippen molar-refractivity contribution in [1.82, 2.24) is 4.90 Å². The number of carboxylic acid groups (broad SMARTS) is 2. The van der Waals surface area contributed by atoms with Crippen molar-refractivity contribution in [2.24, 2.45) is 5.92 Å². The zero-order valence-corrected chi connectivity index (χ0v) is 35.9. The Bertz CT molecular complexity index is 2260. The number of aromatic nitrogens is 1. The minimum Gasteiger partial charge on any atom is -0.542 e. The van der Waals surface area contributed by atoms with E-state index in [1.54, 1.807) is 11.0 Å². The van der Waals surface area contributed by atoms with Crippen LogP contribution < -0.4 is 24.8 Å². The Kier molecular flexibility index (Phi) is 17.8. The van der Waals surface area contributed by atoms with Crippen molar-refractivity contribution >= 4 is 58.7 Å². The molecule has 6 rings (SSSR count). The number of unbranched alkanes of at least 4 members (excludes halogenated alkanes) is 1. The number of aliphatic carboxylic acids is 2. The Morgan fingerprint density at radius 1 is 0.812 bits per heavy atom. The number of hydrogen-bond donors (Lipinski definition) is 2. The van der Waals surface area contributed by atoms with Gasteiger partial charge in [0.25, 0.3) is 5.91 Å². The number of likely N-dealkylation sites (tertiary alicyclic amines) is 1. The molecule has 2 amide bonds. The van der Waals surface area contributed by atoms with Crippen LogP contribution in [0, 0.1) is 19.8 Å². The van der Waals surface area contributed by atoms with Crippen LogP contribution in [-0.4, -0.2) is 79.8 Å². The zero-order valence-electron chi connectivity index (χ0n) is 35.9. The average molecular weight is 896 g/mol. The Labute approximate surface area is 367 Å². The van der Waals surface area contributed by atoms with Crippen LogP contribution in [0.5, 0.6) is 0 Å². The van der Waals surface area contributed by atoms with Gasteiger partial charge in [-0.25, -0.2) is 9.36 Å². The number of anilines is 4. The number of fused-ring (bicyclic) bond motifs is 2. The third kappa shape index (κ3) is 14.8. The molecular formula is C47H51F6N5O6. The van der Waals surface area contributed by atoms with Gasteiger partial charge < -0.3 is 25.2 Å². The van der Waals surface area contributed by atoms with Gasteiger partial charge in [0.2, 0.25) is 5.91 Å². The van der Waals surface area contributed by atoms with Crippen molar-refractivity contribution in [2.45, 2.75) is 64.8 Å². The number of para-hydroxylation sites is 3. The molecule has 1 aromatic heterocycles. The minimum absolute atomic E-state index is 0.00779. The lowest BCUT2D eigenvalue weighted by atomic mass is 9.91. The highest BCUT2D eigenvalue weighted by Crippen LogP contribution is 2.38. The Morgan fingerprint density at radius 3 is 1.89 bits per heavy atom. The largest absolute Gasteiger partial charge is 0.542 e. The first-order valence-corrected chi connectivity index (χ1v) is 20.4. The Morgan fingerprint density at radius 2 is 1.34 bits per heavy atom. The number of rotatable bonds is 11. The van der Waals surface area contributed by atoms with Gasteiger partial charge in [-0.1, -0.05) is 67.1 Å². The van der Waals surface area contributed by atoms with Crippen molar-refractivity contribution < 1.29 is 60.3 Å². The molecule has 0 radical (unpaired) electrons. The second-order valence-electron chi connectivity index (χ2n) is 15.4. The van der Waals surface area contributed by atoms with E-state index in [0.29, 0.717) is 29.4 Å². The van der Waals surface area contributed by atoms with Crippen LogP contribution >= 0.6 is 0 Å². The molecule has 3 heterocycles. The van der Waals surface area contributed by atoms with Crippen molar-refractivity contribution in [1.29, 1.82) is 0 Å². The molecule has 2 aliphatic heterocycles. The first-order chi connectivity index (χ1) is 30.1. The highest BCUT2D eigenvalue weighted by Gasteiger charge is 2.38. The summed E-state index contributed by atoms with van der Waals surface area (Å²) < 4.78 is 65.7. The van der Waals surface area contributed by atoms with Crippen LogP contribution in [0.2, 0.25) is 0 Å². The fraction of sp³-hybridized carbons (Fsp3) is 0.340. The topological polar surface area (TPSA) is 137 Å². The fourth-order valence-electron chi connectivity index (χ4n) is 7.25. The van der Waals surface area contributed by atoms with Crippen molar-refractivity contribution in [3.63, 3.8) is 0 Å². The van der Waals surface area contributed by atoms with Gasteiger partial charge >= 0.3 is 18.3 Å². The molecule has 4 aromatic rings. The molecule has 2 aliphatic rings. The summed E-state index contributed by atoms with van der Waals surface area (Å²) in [4.78, 5) is 50.6. The van der Waals surface area contributed by atoms with E-state index in [4.69, 9.17) is 19.8 Å². The van der Waals surface area contributed by atoms with Gasteiger partial charge in [-0.15, -0.1) is 0 Å². The minimum atomic E-state index is -5.19. The number of hydrogen-bond acceptors (Lipinski definition) is 7. The van der Waals surface area contributed by atoms with Crippen molar-refractivity contribution in [3.8, 4) is 0 Å². The molecule has 0 saturated carbocycles. The summed E-state index contributed by atoms with van der Waals surface area (Å²) in [5.74, 6) is -5.27. The van der Waals surface area contributed by atoms with Crippen LogP contribution in [0.4, 0.5) is 49.1 Å². The van der Waals surface area contributed by atoms with Gasteiger partial charge in [0, 0.05) is 52.2 Å². The van der Waals surface area contributed by atoms with Crippen LogP contribution in [0.25, 0.3) is 12.2 Å². The lowest BCUT2D eigenvalue weighted by Gasteiger charge is -2.33. The number of alkyl halides is 6. The molecule has 0 unspecified atom stereocenters. The molecule has 64 heavy (non-hydrogen) atoms. The monoisotopic (exact) mass is 895 g/mol. The maximum atomic E-state index is 13.8. The van der Waals surface area contributed by atoms with E-state index in [-0.39, 0.29) is 11.8 Å². The van der Waals surface area contributed by atoms with E-state index in [9.17, 15) is 35.9 Å². The SMILES string of the molecule is Cc1cc(/C=C/C=C/c2ccc(N(C)C)cc2)cc(C)[n+]1CCCCC1CCN(CC(=O)N2c3ccccc3NC(=O)c3ccccc32)CC1.O=C(O)C(F)(F)F.O=C([O-])C(F)(F)F. The van der Waals surface area contributed by atoms with Crippen LogP contribution in [0.1, 0.15) is 65.0 Å². The van der Waals surface area contributed by atoms with E-state index in [1.807, 2.05) is 42.5 Å². The van der Waals surface area contributed by atoms with E-state index >= 15 is 0 Å². The standard InChI is InChI=1S/C43H49N5O2.2C2HF3O2/c1-32-29-36(15-6-5-13-34-20-22-37(23-21-34)45(3)4)30-33(2)47(32)26-12-11-14-35-24-27-46(28-25-35)31-42(49)48-40-18-9-7-16-38(40)43(50)44-39-17-8-10-19-41(39)48;2*3-2(4,5)1(6)7/h5-10,13,15-23,29-30,35H,11-12,14,24-28,31H2,1-4H3;2*(H,6,7). The summed E-state index contributed by atoms with van der Waals surface area (Å²) in [7, 11) is 4.11. The summed E-state index contributed by atoms with van der Waals surface area (Å²) in [6, 6.07) is 28.0. The number of nitrogens with zero attached hydrogens (tertiary/aromatic N) is 4. The van der Waals surface area contributed by atoms with Gasteiger partial charge in [-0.2, -0.15) is 26.3 Å². The quantitative estimate of drug-likeness (QED) is 0.0667. The van der Waals surface area contributed by atoms with Gasteiger partial charge in [0.1, 0.15) is 12.5 Å². The van der Waals surface area contributed by atoms with E-state index in [2.05, 4.69) is 108 Å². The number of carbonyl (C=O) groups is 4. The molecule has 11 nitrogen and oxygen atoms in total. The molecule has 342 valence electrons. The first kappa shape index (κ1) is 50.2. The number of nitrogens with one attached hydrogen (secondary N) is 1. The highest BCUT2D eigenvalue weighted by molar-refractivity contribution is 6.17. The molecule has 3 aromatic carbocycles. The lowest BCUT2D eigenvalue weighted by molar-refractivity contribution is -0.709. The van der Waals surface area contributed by atoms with Gasteiger partial charge in [-0.3, -0.25) is 19.4 Å². The third-order valence-corrected chi connectivity index (χ3v) is 10.5. The molecule has 2 N–H and O–H groups in total. The average Bonchev–Trinajstić information content (AvgIpc) is 3.36. The number of amides is 2. The molecular weight excluding hydrogens is 845 g/mol. The van der Waals surface area contributed by atoms with Crippen LogP contribution in [0.3, 0.4) is 0 Å². The van der Waals surface area contributed by atoms with E-state index < -0.39 is 24.3 Å². The molecule has 0 atom stereocenters. The third-order valence-electron chi connectivity index (χ3n) is 10.5. The second kappa shape index (κ2) is 22.7. The number of carbonyl (C=O) groups excluding carboxylic acids is 3. The second-order valence-corrected chi connectivity index (χ2v) is 15.4. The summed E-state index contributed by atoms with van der Waals surface area (Å²) >= 11 is 0. The van der Waals surface area contributed by atoms with E-state index in [0.717, 1.165) is 44.6 Å². The smallest absolute Gasteiger partial charge is 0.490 e. The maximum absolute atomic E-state index is 13.8. The highest BCUT2D eigenvalue weighted by atomic mass is 19.4. The van der Waals surface area contributed by atoms with Crippen LogP contribution in [0.15, 0.2) is 97.1 Å². The molecule has 0 aliphatic carbocycles. The molecule has 1 fully saturated rings. The maximum Gasteiger partial charge on any atom is 0.490 e. The Hall–Kier alpha value is -6.49. The van der Waals surface area contributed by atoms with Crippen molar-refractivity contribution in [2.75, 3.05) is 48.8 Å². The Balaban J connectivity index is 0.000000555. The van der Waals surface area contributed by atoms with Gasteiger partial charge in [-0.05, 0) is 85.8 Å². The normalized spacial score (nSPS) is 14.3. The molecule has 0 bridgehead atoms. The fourth-order valence-corrected chi connectivity index (χ4v) is 7.25. The summed E-state index contributed by atoms with van der Waals surface area (Å²) in [5, 5.41) is 18.9. The predicted octanol–water partition coefficient (Wildman–Crippen LogP) is 8.13. The number of allylic oxidation sites excluding steroid dienone is 2. The summed E-state index contributed by atoms with van der Waals surface area (Å²) in [6.45, 7) is 7.63. The van der Waals surface area contributed by atoms with Gasteiger partial charge in [0.15, 0.2) is 11.4 Å². The summed E-state index contributed by atoms with van der Waals surface area (Å²) in [5.41, 5.74) is 8.73. The molecule has 1 saturated heterocycles. The van der Waals surface area contributed by atoms with Gasteiger partial charge in [0.05, 0.1) is 29.2 Å².